The molecular formula is C16H19NO6. The fraction of sp³-hybridized carbons (Fsp3) is 0.375. The van der Waals surface area contributed by atoms with Crippen LogP contribution in [0.4, 0.5) is 5.69 Å². The van der Waals surface area contributed by atoms with E-state index in [4.69, 9.17) is 18.9 Å². The lowest BCUT2D eigenvalue weighted by atomic mass is 10.1. The maximum Gasteiger partial charge on any atom is 0.355 e. The van der Waals surface area contributed by atoms with Gasteiger partial charge in [-0.2, -0.15) is 0 Å². The van der Waals surface area contributed by atoms with Gasteiger partial charge in [0.1, 0.15) is 18.2 Å². The van der Waals surface area contributed by atoms with Gasteiger partial charge in [-0.15, -0.1) is 0 Å². The van der Waals surface area contributed by atoms with E-state index >= 15 is 0 Å². The summed E-state index contributed by atoms with van der Waals surface area (Å²) in [4.78, 5) is 25.7. The SMILES string of the molecule is CCOc1cccc(N2COCC(C(=O)OC)=C2C(=O)OC)c1. The highest BCUT2D eigenvalue weighted by molar-refractivity contribution is 6.03. The molecule has 0 radical (unpaired) electrons. The molecule has 0 N–H and O–H groups in total. The molecule has 0 fully saturated rings. The summed E-state index contributed by atoms with van der Waals surface area (Å²) in [6, 6.07) is 7.15. The van der Waals surface area contributed by atoms with Gasteiger partial charge < -0.3 is 23.8 Å². The Bertz CT molecular complexity index is 625. The molecule has 0 saturated heterocycles. The number of hydrogen-bond donors (Lipinski definition) is 0. The number of hydrogen-bond acceptors (Lipinski definition) is 7. The van der Waals surface area contributed by atoms with Crippen LogP contribution in [0, 0.1) is 0 Å². The van der Waals surface area contributed by atoms with E-state index in [9.17, 15) is 9.59 Å². The smallest absolute Gasteiger partial charge is 0.355 e. The third-order valence-corrected chi connectivity index (χ3v) is 3.27. The van der Waals surface area contributed by atoms with Crippen molar-refractivity contribution >= 4 is 17.6 Å². The number of ether oxygens (including phenoxy) is 4. The molecule has 7 heteroatoms. The molecule has 0 aromatic heterocycles. The summed E-state index contributed by atoms with van der Waals surface area (Å²) in [5.41, 5.74) is 0.879. The topological polar surface area (TPSA) is 74.3 Å². The number of esters is 2. The van der Waals surface area contributed by atoms with Gasteiger partial charge >= 0.3 is 11.9 Å². The monoisotopic (exact) mass is 321 g/mol. The first-order valence-corrected chi connectivity index (χ1v) is 7.10. The van der Waals surface area contributed by atoms with Gasteiger partial charge in [0.25, 0.3) is 0 Å². The lowest BCUT2D eigenvalue weighted by molar-refractivity contribution is -0.140. The fourth-order valence-corrected chi connectivity index (χ4v) is 2.26. The Morgan fingerprint density at radius 1 is 1.22 bits per heavy atom. The van der Waals surface area contributed by atoms with Gasteiger partial charge in [-0.3, -0.25) is 0 Å². The van der Waals surface area contributed by atoms with Crippen molar-refractivity contribution in [3.63, 3.8) is 0 Å². The summed E-state index contributed by atoms with van der Waals surface area (Å²) in [6.45, 7) is 2.50. The van der Waals surface area contributed by atoms with Crippen molar-refractivity contribution in [3.8, 4) is 5.75 Å². The van der Waals surface area contributed by atoms with Crippen molar-refractivity contribution in [3.05, 3.63) is 35.5 Å². The van der Waals surface area contributed by atoms with Crippen LogP contribution in [0.25, 0.3) is 0 Å². The van der Waals surface area contributed by atoms with Gasteiger partial charge in [-0.1, -0.05) is 6.07 Å². The van der Waals surface area contributed by atoms with Gasteiger partial charge in [-0.05, 0) is 19.1 Å². The number of anilines is 1. The molecule has 23 heavy (non-hydrogen) atoms. The molecule has 7 nitrogen and oxygen atoms in total. The quantitative estimate of drug-likeness (QED) is 0.760. The molecule has 0 bridgehead atoms. The van der Waals surface area contributed by atoms with Crippen LogP contribution < -0.4 is 9.64 Å². The van der Waals surface area contributed by atoms with Crippen LogP contribution in [0.1, 0.15) is 6.92 Å². The molecule has 0 spiro atoms. The highest BCUT2D eigenvalue weighted by atomic mass is 16.5. The molecule has 0 aliphatic carbocycles. The van der Waals surface area contributed by atoms with E-state index in [2.05, 4.69) is 0 Å². The summed E-state index contributed by atoms with van der Waals surface area (Å²) in [5, 5.41) is 0. The maximum absolute atomic E-state index is 12.2. The van der Waals surface area contributed by atoms with Gasteiger partial charge in [0.2, 0.25) is 0 Å². The molecular weight excluding hydrogens is 302 g/mol. The van der Waals surface area contributed by atoms with Crippen LogP contribution >= 0.6 is 0 Å². The third kappa shape index (κ3) is 3.62. The Morgan fingerprint density at radius 2 is 1.96 bits per heavy atom. The minimum atomic E-state index is -0.629. The Hall–Kier alpha value is -2.54. The van der Waals surface area contributed by atoms with Crippen molar-refractivity contribution in [2.24, 2.45) is 0 Å². The van der Waals surface area contributed by atoms with Crippen molar-refractivity contribution < 1.29 is 28.5 Å². The largest absolute Gasteiger partial charge is 0.494 e. The van der Waals surface area contributed by atoms with Crippen LogP contribution in [-0.4, -0.2) is 46.1 Å². The molecule has 0 amide bonds. The first-order chi connectivity index (χ1) is 11.1. The molecule has 1 aromatic carbocycles. The van der Waals surface area contributed by atoms with Gasteiger partial charge in [0.15, 0.2) is 0 Å². The summed E-state index contributed by atoms with van der Waals surface area (Å²) in [6.07, 6.45) is 0. The zero-order valence-electron chi connectivity index (χ0n) is 13.3. The summed E-state index contributed by atoms with van der Waals surface area (Å²) in [5.74, 6) is -0.606. The minimum absolute atomic E-state index is 0.0151. The average Bonchev–Trinajstić information content (AvgIpc) is 2.60. The highest BCUT2D eigenvalue weighted by Crippen LogP contribution is 2.29. The first kappa shape index (κ1) is 16.8. The predicted octanol–water partition coefficient (Wildman–Crippen LogP) is 1.48. The van der Waals surface area contributed by atoms with Crippen LogP contribution in [-0.2, 0) is 23.8 Å². The Labute approximate surface area is 134 Å². The van der Waals surface area contributed by atoms with Gasteiger partial charge in [0, 0.05) is 11.8 Å². The molecule has 124 valence electrons. The predicted molar refractivity (Wildman–Crippen MR) is 82.0 cm³/mol. The molecule has 2 rings (SSSR count). The maximum atomic E-state index is 12.2. The molecule has 1 aliphatic rings. The second kappa shape index (κ2) is 7.64. The van der Waals surface area contributed by atoms with E-state index in [0.717, 1.165) is 0 Å². The number of carbonyl (C=O) groups is 2. The molecule has 0 unspecified atom stereocenters. The standard InChI is InChI=1S/C16H19NO6/c1-4-23-12-7-5-6-11(8-12)17-10-22-9-13(15(18)20-2)14(17)16(19)21-3/h5-8H,4,9-10H2,1-3H3. The second-order valence-corrected chi connectivity index (χ2v) is 4.65. The molecule has 1 aromatic rings. The van der Waals surface area contributed by atoms with E-state index in [1.807, 2.05) is 6.92 Å². The Balaban J connectivity index is 2.48. The van der Waals surface area contributed by atoms with E-state index in [1.165, 1.54) is 14.2 Å². The minimum Gasteiger partial charge on any atom is -0.494 e. The number of methoxy groups -OCH3 is 2. The van der Waals surface area contributed by atoms with E-state index in [1.54, 1.807) is 29.2 Å². The zero-order valence-corrected chi connectivity index (χ0v) is 13.3. The van der Waals surface area contributed by atoms with Crippen LogP contribution in [0.5, 0.6) is 5.75 Å². The number of carbonyl (C=O) groups excluding carboxylic acids is 2. The lowest BCUT2D eigenvalue weighted by Crippen LogP contribution is -2.38. The molecule has 1 aliphatic heterocycles. The number of nitrogens with zero attached hydrogens (tertiary/aromatic N) is 1. The van der Waals surface area contributed by atoms with E-state index < -0.39 is 11.9 Å². The Morgan fingerprint density at radius 3 is 2.61 bits per heavy atom. The van der Waals surface area contributed by atoms with Crippen molar-refractivity contribution in [1.29, 1.82) is 0 Å². The summed E-state index contributed by atoms with van der Waals surface area (Å²) in [7, 11) is 2.51. The van der Waals surface area contributed by atoms with Crippen molar-refractivity contribution in [1.82, 2.24) is 0 Å². The van der Waals surface area contributed by atoms with E-state index in [-0.39, 0.29) is 24.6 Å². The van der Waals surface area contributed by atoms with E-state index in [0.29, 0.717) is 18.0 Å². The van der Waals surface area contributed by atoms with Gasteiger partial charge in [-0.25, -0.2) is 9.59 Å². The van der Waals surface area contributed by atoms with Crippen LogP contribution in [0.2, 0.25) is 0 Å². The third-order valence-electron chi connectivity index (χ3n) is 3.27. The van der Waals surface area contributed by atoms with Crippen LogP contribution in [0.3, 0.4) is 0 Å². The van der Waals surface area contributed by atoms with Crippen molar-refractivity contribution in [2.45, 2.75) is 6.92 Å². The summed E-state index contributed by atoms with van der Waals surface area (Å²) < 4.78 is 20.4. The molecule has 1 heterocycles. The van der Waals surface area contributed by atoms with Gasteiger partial charge in [0.05, 0.1) is 33.0 Å². The Kier molecular flexibility index (Phi) is 5.59. The fourth-order valence-electron chi connectivity index (χ4n) is 2.26. The first-order valence-electron chi connectivity index (χ1n) is 7.10. The number of rotatable bonds is 5. The van der Waals surface area contributed by atoms with Crippen molar-refractivity contribution in [2.75, 3.05) is 39.1 Å². The molecule has 0 saturated carbocycles. The van der Waals surface area contributed by atoms with Crippen LogP contribution in [0.15, 0.2) is 35.5 Å². The normalized spacial score (nSPS) is 14.5. The highest BCUT2D eigenvalue weighted by Gasteiger charge is 2.32. The second-order valence-electron chi connectivity index (χ2n) is 4.65. The summed E-state index contributed by atoms with van der Waals surface area (Å²) >= 11 is 0. The average molecular weight is 321 g/mol. The zero-order chi connectivity index (χ0) is 16.8. The molecule has 0 atom stereocenters. The lowest BCUT2D eigenvalue weighted by Gasteiger charge is -2.31. The number of benzene rings is 1.